The van der Waals surface area contributed by atoms with Crippen LogP contribution in [0.5, 0.6) is 0 Å². The summed E-state index contributed by atoms with van der Waals surface area (Å²) in [4.78, 5) is 3.66. The molecule has 0 saturated heterocycles. The Hall–Kier alpha value is -4.10. The van der Waals surface area contributed by atoms with Gasteiger partial charge in [0, 0.05) is 27.3 Å². The fourth-order valence-electron chi connectivity index (χ4n) is 5.86. The standard InChI is InChI=1S/C33H25N/c1-33(2)29-15-5-3-11-25(29)26-18-17-22(20-30(26)33)21-9-7-10-23(19-21)24-13-8-14-28-27-12-4-6-16-31(27)34-32(24)28/h3-20,34H,1-2H3. The van der Waals surface area contributed by atoms with E-state index in [1.165, 1.54) is 66.3 Å². The van der Waals surface area contributed by atoms with Gasteiger partial charge >= 0.3 is 0 Å². The van der Waals surface area contributed by atoms with Crippen molar-refractivity contribution in [2.24, 2.45) is 0 Å². The van der Waals surface area contributed by atoms with E-state index >= 15 is 0 Å². The van der Waals surface area contributed by atoms with Crippen molar-refractivity contribution >= 4 is 21.8 Å². The van der Waals surface area contributed by atoms with Gasteiger partial charge in [-0.3, -0.25) is 0 Å². The number of H-pyrrole nitrogens is 1. The molecule has 34 heavy (non-hydrogen) atoms. The molecule has 0 aliphatic heterocycles. The minimum atomic E-state index is 0.00942. The van der Waals surface area contributed by atoms with Crippen LogP contribution in [0.15, 0.2) is 109 Å². The molecule has 1 aliphatic rings. The molecule has 1 heterocycles. The van der Waals surface area contributed by atoms with Crippen LogP contribution in [-0.2, 0) is 5.41 Å². The molecule has 1 aromatic heterocycles. The molecule has 5 aromatic carbocycles. The molecule has 0 spiro atoms. The van der Waals surface area contributed by atoms with Crippen molar-refractivity contribution in [1.82, 2.24) is 4.98 Å². The van der Waals surface area contributed by atoms with Crippen LogP contribution in [0.25, 0.3) is 55.2 Å². The number of nitrogens with one attached hydrogen (secondary N) is 1. The van der Waals surface area contributed by atoms with E-state index in [1.807, 2.05) is 0 Å². The Morgan fingerprint density at radius 2 is 1.18 bits per heavy atom. The second-order valence-corrected chi connectivity index (χ2v) is 9.91. The second kappa shape index (κ2) is 6.95. The number of rotatable bonds is 2. The van der Waals surface area contributed by atoms with Crippen molar-refractivity contribution < 1.29 is 0 Å². The van der Waals surface area contributed by atoms with Gasteiger partial charge in [0.15, 0.2) is 0 Å². The number of aromatic amines is 1. The molecular formula is C33H25N. The van der Waals surface area contributed by atoms with Crippen molar-refractivity contribution in [2.45, 2.75) is 19.3 Å². The molecule has 0 saturated carbocycles. The number of para-hydroxylation sites is 2. The Morgan fingerprint density at radius 3 is 2.12 bits per heavy atom. The van der Waals surface area contributed by atoms with E-state index in [-0.39, 0.29) is 5.41 Å². The summed E-state index contributed by atoms with van der Waals surface area (Å²) in [6.07, 6.45) is 0. The summed E-state index contributed by atoms with van der Waals surface area (Å²) < 4.78 is 0. The van der Waals surface area contributed by atoms with E-state index in [0.717, 1.165) is 0 Å². The minimum absolute atomic E-state index is 0.00942. The molecule has 1 aliphatic carbocycles. The Morgan fingerprint density at radius 1 is 0.500 bits per heavy atom. The maximum Gasteiger partial charge on any atom is 0.0544 e. The van der Waals surface area contributed by atoms with Crippen LogP contribution in [-0.4, -0.2) is 4.98 Å². The van der Waals surface area contributed by atoms with Gasteiger partial charge in [0.2, 0.25) is 0 Å². The van der Waals surface area contributed by atoms with Crippen molar-refractivity contribution in [3.63, 3.8) is 0 Å². The number of benzene rings is 5. The monoisotopic (exact) mass is 435 g/mol. The number of hydrogen-bond donors (Lipinski definition) is 1. The zero-order valence-electron chi connectivity index (χ0n) is 19.4. The van der Waals surface area contributed by atoms with Crippen LogP contribution >= 0.6 is 0 Å². The fourth-order valence-corrected chi connectivity index (χ4v) is 5.86. The summed E-state index contributed by atoms with van der Waals surface area (Å²) in [5.41, 5.74) is 12.9. The van der Waals surface area contributed by atoms with Gasteiger partial charge in [-0.1, -0.05) is 105 Å². The molecule has 1 nitrogen and oxygen atoms in total. The van der Waals surface area contributed by atoms with Crippen LogP contribution in [0.1, 0.15) is 25.0 Å². The Bertz CT molecular complexity index is 1730. The largest absolute Gasteiger partial charge is 0.354 e. The quantitative estimate of drug-likeness (QED) is 0.279. The number of aromatic nitrogens is 1. The van der Waals surface area contributed by atoms with Crippen LogP contribution in [0, 0.1) is 0 Å². The van der Waals surface area contributed by atoms with Gasteiger partial charge in [-0.05, 0) is 57.1 Å². The van der Waals surface area contributed by atoms with Gasteiger partial charge in [0.1, 0.15) is 0 Å². The summed E-state index contributed by atoms with van der Waals surface area (Å²) in [7, 11) is 0. The summed E-state index contributed by atoms with van der Waals surface area (Å²) in [5.74, 6) is 0. The summed E-state index contributed by atoms with van der Waals surface area (Å²) in [5, 5.41) is 2.55. The molecule has 162 valence electrons. The predicted octanol–water partition coefficient (Wildman–Crippen LogP) is 8.96. The highest BCUT2D eigenvalue weighted by atomic mass is 14.7. The highest BCUT2D eigenvalue weighted by Gasteiger charge is 2.35. The fraction of sp³-hybridized carbons (Fsp3) is 0.0909. The molecule has 0 radical (unpaired) electrons. The highest BCUT2D eigenvalue weighted by molar-refractivity contribution is 6.11. The Kier molecular flexibility index (Phi) is 3.96. The van der Waals surface area contributed by atoms with Crippen molar-refractivity contribution in [2.75, 3.05) is 0 Å². The summed E-state index contributed by atoms with van der Waals surface area (Å²) in [6.45, 7) is 4.68. The third-order valence-electron chi connectivity index (χ3n) is 7.63. The van der Waals surface area contributed by atoms with Crippen molar-refractivity contribution in [1.29, 1.82) is 0 Å². The number of fused-ring (bicyclic) bond motifs is 6. The first-order valence-electron chi connectivity index (χ1n) is 12.0. The molecule has 1 heteroatoms. The van der Waals surface area contributed by atoms with Gasteiger partial charge in [0.25, 0.3) is 0 Å². The summed E-state index contributed by atoms with van der Waals surface area (Å²) in [6, 6.07) is 39.9. The average molecular weight is 436 g/mol. The predicted molar refractivity (Wildman–Crippen MR) is 144 cm³/mol. The van der Waals surface area contributed by atoms with Gasteiger partial charge < -0.3 is 4.98 Å². The summed E-state index contributed by atoms with van der Waals surface area (Å²) >= 11 is 0. The van der Waals surface area contributed by atoms with Crippen LogP contribution in [0.4, 0.5) is 0 Å². The second-order valence-electron chi connectivity index (χ2n) is 9.91. The molecular weight excluding hydrogens is 410 g/mol. The third-order valence-corrected chi connectivity index (χ3v) is 7.63. The lowest BCUT2D eigenvalue weighted by molar-refractivity contribution is 0.660. The van der Waals surface area contributed by atoms with Gasteiger partial charge in [-0.2, -0.15) is 0 Å². The third kappa shape index (κ3) is 2.67. The van der Waals surface area contributed by atoms with Crippen LogP contribution < -0.4 is 0 Å². The molecule has 0 atom stereocenters. The molecule has 6 aromatic rings. The molecule has 0 fully saturated rings. The van der Waals surface area contributed by atoms with E-state index in [2.05, 4.69) is 128 Å². The maximum atomic E-state index is 3.66. The van der Waals surface area contributed by atoms with E-state index in [1.54, 1.807) is 0 Å². The topological polar surface area (TPSA) is 15.8 Å². The normalized spacial score (nSPS) is 13.8. The van der Waals surface area contributed by atoms with Gasteiger partial charge in [-0.15, -0.1) is 0 Å². The van der Waals surface area contributed by atoms with E-state index < -0.39 is 0 Å². The Balaban J connectivity index is 1.37. The molecule has 0 bridgehead atoms. The lowest BCUT2D eigenvalue weighted by atomic mass is 9.81. The van der Waals surface area contributed by atoms with E-state index in [4.69, 9.17) is 0 Å². The minimum Gasteiger partial charge on any atom is -0.354 e. The number of hydrogen-bond acceptors (Lipinski definition) is 0. The SMILES string of the molecule is CC1(C)c2ccccc2-c2ccc(-c3cccc(-c4cccc5c4[nH]c4ccccc45)c3)cc21. The highest BCUT2D eigenvalue weighted by Crippen LogP contribution is 2.49. The van der Waals surface area contributed by atoms with E-state index in [0.29, 0.717) is 0 Å². The average Bonchev–Trinajstić information content (AvgIpc) is 3.37. The Labute approximate surface area is 199 Å². The zero-order valence-corrected chi connectivity index (χ0v) is 19.4. The smallest absolute Gasteiger partial charge is 0.0544 e. The lowest BCUT2D eigenvalue weighted by Gasteiger charge is -2.22. The van der Waals surface area contributed by atoms with E-state index in [9.17, 15) is 0 Å². The first kappa shape index (κ1) is 19.4. The van der Waals surface area contributed by atoms with Crippen LogP contribution in [0.2, 0.25) is 0 Å². The first-order valence-corrected chi connectivity index (χ1v) is 12.0. The molecule has 0 amide bonds. The van der Waals surface area contributed by atoms with Crippen molar-refractivity contribution in [3.05, 3.63) is 120 Å². The van der Waals surface area contributed by atoms with Gasteiger partial charge in [-0.25, -0.2) is 0 Å². The van der Waals surface area contributed by atoms with Crippen molar-refractivity contribution in [3.8, 4) is 33.4 Å². The molecule has 7 rings (SSSR count). The molecule has 1 N–H and O–H groups in total. The molecule has 0 unspecified atom stereocenters. The lowest BCUT2D eigenvalue weighted by Crippen LogP contribution is -2.14. The van der Waals surface area contributed by atoms with Crippen LogP contribution in [0.3, 0.4) is 0 Å². The maximum absolute atomic E-state index is 3.66. The first-order chi connectivity index (χ1) is 16.6. The zero-order chi connectivity index (χ0) is 22.9. The van der Waals surface area contributed by atoms with Gasteiger partial charge in [0.05, 0.1) is 5.52 Å².